The number of hydrogen-bond acceptors (Lipinski definition) is 3. The Morgan fingerprint density at radius 3 is 2.18 bits per heavy atom. The van der Waals surface area contributed by atoms with Crippen LogP contribution in [0.1, 0.15) is 31.9 Å². The van der Waals surface area contributed by atoms with Crippen LogP contribution in [0.15, 0.2) is 24.3 Å². The van der Waals surface area contributed by atoms with Gasteiger partial charge < -0.3 is 15.0 Å². The smallest absolute Gasteiger partial charge is 0.209 e. The fraction of sp³-hybridized carbons (Fsp3) is 0.625. The highest BCUT2D eigenvalue weighted by Crippen LogP contribution is 2.40. The lowest BCUT2D eigenvalue weighted by Crippen LogP contribution is -2.34. The molecule has 1 atom stereocenters. The van der Waals surface area contributed by atoms with Crippen molar-refractivity contribution in [3.8, 4) is 5.75 Å². The van der Waals surface area contributed by atoms with Crippen LogP contribution in [0.2, 0.25) is 0 Å². The summed E-state index contributed by atoms with van der Waals surface area (Å²) in [5, 5.41) is 3.35. The third-order valence-electron chi connectivity index (χ3n) is 3.67. The molecule has 0 amide bonds. The first kappa shape index (κ1) is 19.9. The van der Waals surface area contributed by atoms with Gasteiger partial charge in [-0.15, -0.1) is 0 Å². The Kier molecular flexibility index (Phi) is 8.88. The molecular weight excluding hydrogens is 343 g/mol. The van der Waals surface area contributed by atoms with E-state index in [4.69, 9.17) is 39.5 Å². The molecule has 0 saturated heterocycles. The van der Waals surface area contributed by atoms with E-state index in [1.807, 2.05) is 24.3 Å². The second-order valence-electron chi connectivity index (χ2n) is 5.08. The molecule has 22 heavy (non-hydrogen) atoms. The largest absolute Gasteiger partial charge is 0.497 e. The third-order valence-corrected chi connectivity index (χ3v) is 4.33. The summed E-state index contributed by atoms with van der Waals surface area (Å²) in [6.07, 6.45) is 1.01. The molecule has 1 aromatic rings. The SMILES string of the molecule is CCN(CC)CCCNC(c1ccc(OC)cc1)C(Cl)(Cl)Cl. The molecule has 0 fully saturated rings. The summed E-state index contributed by atoms with van der Waals surface area (Å²) in [4.78, 5) is 2.37. The van der Waals surface area contributed by atoms with Crippen LogP contribution in [0.5, 0.6) is 5.75 Å². The molecule has 0 aliphatic carbocycles. The molecule has 0 aliphatic heterocycles. The quantitative estimate of drug-likeness (QED) is 0.516. The van der Waals surface area contributed by atoms with Crippen molar-refractivity contribution in [3.63, 3.8) is 0 Å². The molecule has 1 aromatic carbocycles. The summed E-state index contributed by atoms with van der Waals surface area (Å²) in [6.45, 7) is 8.28. The molecule has 0 spiro atoms. The van der Waals surface area contributed by atoms with Crippen LogP contribution in [-0.4, -0.2) is 42.0 Å². The Morgan fingerprint density at radius 2 is 1.73 bits per heavy atom. The molecule has 0 saturated carbocycles. The second kappa shape index (κ2) is 9.84. The fourth-order valence-electron chi connectivity index (χ4n) is 2.31. The fourth-order valence-corrected chi connectivity index (χ4v) is 2.92. The van der Waals surface area contributed by atoms with Crippen LogP contribution in [0, 0.1) is 0 Å². The van der Waals surface area contributed by atoms with Gasteiger partial charge in [0.15, 0.2) is 0 Å². The zero-order valence-corrected chi connectivity index (χ0v) is 15.7. The molecule has 0 aromatic heterocycles. The van der Waals surface area contributed by atoms with E-state index in [1.165, 1.54) is 0 Å². The van der Waals surface area contributed by atoms with Gasteiger partial charge in [-0.05, 0) is 50.3 Å². The number of nitrogens with one attached hydrogen (secondary N) is 1. The Morgan fingerprint density at radius 1 is 1.14 bits per heavy atom. The maximum Gasteiger partial charge on any atom is 0.209 e. The maximum absolute atomic E-state index is 6.13. The minimum Gasteiger partial charge on any atom is -0.497 e. The Hall–Kier alpha value is -0.190. The summed E-state index contributed by atoms with van der Waals surface area (Å²) in [5.41, 5.74) is 0.934. The number of ether oxygens (including phenoxy) is 1. The number of benzene rings is 1. The lowest BCUT2D eigenvalue weighted by molar-refractivity contribution is 0.295. The highest BCUT2D eigenvalue weighted by molar-refractivity contribution is 6.68. The van der Waals surface area contributed by atoms with Gasteiger partial charge in [-0.2, -0.15) is 0 Å². The molecule has 1 unspecified atom stereocenters. The molecule has 0 radical (unpaired) electrons. The second-order valence-corrected chi connectivity index (χ2v) is 7.45. The van der Waals surface area contributed by atoms with Crippen LogP contribution >= 0.6 is 34.8 Å². The molecule has 1 N–H and O–H groups in total. The van der Waals surface area contributed by atoms with Gasteiger partial charge in [0.2, 0.25) is 3.79 Å². The number of halogens is 3. The van der Waals surface area contributed by atoms with Crippen molar-refractivity contribution in [1.82, 2.24) is 10.2 Å². The summed E-state index contributed by atoms with van der Waals surface area (Å²) < 4.78 is 3.76. The molecule has 0 bridgehead atoms. The van der Waals surface area contributed by atoms with E-state index in [-0.39, 0.29) is 6.04 Å². The number of nitrogens with zero attached hydrogens (tertiary/aromatic N) is 1. The summed E-state index contributed by atoms with van der Waals surface area (Å²) in [5.74, 6) is 0.786. The van der Waals surface area contributed by atoms with Crippen LogP contribution in [0.3, 0.4) is 0 Å². The zero-order chi connectivity index (χ0) is 16.6. The summed E-state index contributed by atoms with van der Waals surface area (Å²) in [7, 11) is 1.63. The van der Waals surface area contributed by atoms with Gasteiger partial charge in [-0.3, -0.25) is 0 Å². The maximum atomic E-state index is 6.13. The lowest BCUT2D eigenvalue weighted by Gasteiger charge is -2.27. The van der Waals surface area contributed by atoms with E-state index >= 15 is 0 Å². The molecule has 0 aliphatic rings. The highest BCUT2D eigenvalue weighted by atomic mass is 35.6. The van der Waals surface area contributed by atoms with Crippen molar-refractivity contribution < 1.29 is 4.74 Å². The number of alkyl halides is 3. The van der Waals surface area contributed by atoms with Crippen molar-refractivity contribution in [2.45, 2.75) is 30.1 Å². The van der Waals surface area contributed by atoms with E-state index < -0.39 is 3.79 Å². The first-order valence-electron chi connectivity index (χ1n) is 7.58. The van der Waals surface area contributed by atoms with E-state index in [2.05, 4.69) is 24.1 Å². The van der Waals surface area contributed by atoms with Gasteiger partial charge in [0, 0.05) is 0 Å². The van der Waals surface area contributed by atoms with E-state index in [9.17, 15) is 0 Å². The van der Waals surface area contributed by atoms with E-state index in [0.717, 1.165) is 43.9 Å². The predicted octanol–water partition coefficient (Wildman–Crippen LogP) is 4.43. The van der Waals surface area contributed by atoms with Crippen molar-refractivity contribution in [1.29, 1.82) is 0 Å². The first-order valence-corrected chi connectivity index (χ1v) is 8.72. The number of methoxy groups -OCH3 is 1. The van der Waals surface area contributed by atoms with Gasteiger partial charge in [0.1, 0.15) is 5.75 Å². The predicted molar refractivity (Wildman–Crippen MR) is 96.4 cm³/mol. The number of hydrogen-bond donors (Lipinski definition) is 1. The third kappa shape index (κ3) is 6.51. The minimum atomic E-state index is -1.40. The standard InChI is InChI=1S/C16H25Cl3N2O/c1-4-21(5-2)12-6-11-20-15(16(17,18)19)13-7-9-14(22-3)10-8-13/h7-10,15,20H,4-6,11-12H2,1-3H3. The zero-order valence-electron chi connectivity index (χ0n) is 13.4. The average molecular weight is 368 g/mol. The topological polar surface area (TPSA) is 24.5 Å². The molecule has 0 heterocycles. The molecule has 126 valence electrons. The van der Waals surface area contributed by atoms with Crippen molar-refractivity contribution >= 4 is 34.8 Å². The van der Waals surface area contributed by atoms with Gasteiger partial charge in [0.25, 0.3) is 0 Å². The first-order chi connectivity index (χ1) is 10.4. The van der Waals surface area contributed by atoms with Crippen LogP contribution in [0.4, 0.5) is 0 Å². The Balaban J connectivity index is 2.62. The van der Waals surface area contributed by atoms with Gasteiger partial charge in [-0.25, -0.2) is 0 Å². The van der Waals surface area contributed by atoms with Gasteiger partial charge in [-0.1, -0.05) is 60.8 Å². The summed E-state index contributed by atoms with van der Waals surface area (Å²) in [6, 6.07) is 7.23. The molecule has 1 rings (SSSR count). The molecule has 6 heteroatoms. The molecule has 3 nitrogen and oxygen atoms in total. The Bertz CT molecular complexity index is 416. The Labute approximate surface area is 148 Å². The van der Waals surface area contributed by atoms with Crippen molar-refractivity contribution in [2.24, 2.45) is 0 Å². The monoisotopic (exact) mass is 366 g/mol. The van der Waals surface area contributed by atoms with Crippen LogP contribution in [-0.2, 0) is 0 Å². The summed E-state index contributed by atoms with van der Waals surface area (Å²) >= 11 is 18.4. The normalized spacial score (nSPS) is 13.4. The van der Waals surface area contributed by atoms with Crippen molar-refractivity contribution in [3.05, 3.63) is 29.8 Å². The number of rotatable bonds is 9. The lowest BCUT2D eigenvalue weighted by atomic mass is 10.1. The van der Waals surface area contributed by atoms with Crippen molar-refractivity contribution in [2.75, 3.05) is 33.3 Å². The van der Waals surface area contributed by atoms with Gasteiger partial charge >= 0.3 is 0 Å². The highest BCUT2D eigenvalue weighted by Gasteiger charge is 2.33. The van der Waals surface area contributed by atoms with Crippen LogP contribution < -0.4 is 10.1 Å². The molecular formula is C16H25Cl3N2O. The van der Waals surface area contributed by atoms with Gasteiger partial charge in [0.05, 0.1) is 13.2 Å². The van der Waals surface area contributed by atoms with E-state index in [0.29, 0.717) is 0 Å². The van der Waals surface area contributed by atoms with E-state index in [1.54, 1.807) is 7.11 Å². The van der Waals surface area contributed by atoms with Crippen LogP contribution in [0.25, 0.3) is 0 Å². The minimum absolute atomic E-state index is 0.347. The average Bonchev–Trinajstić information content (AvgIpc) is 2.50.